The van der Waals surface area contributed by atoms with E-state index in [0.717, 1.165) is 19.8 Å². The zero-order valence-corrected chi connectivity index (χ0v) is 12.8. The van der Waals surface area contributed by atoms with Crippen molar-refractivity contribution in [2.45, 2.75) is 16.7 Å². The molecule has 0 unspecified atom stereocenters. The highest BCUT2D eigenvalue weighted by atomic mass is 79.9. The van der Waals surface area contributed by atoms with Crippen LogP contribution >= 0.6 is 39.3 Å². The maximum atomic E-state index is 11.6. The molecule has 0 heterocycles. The molecule has 0 atom stereocenters. The number of halogens is 2. The lowest BCUT2D eigenvalue weighted by Gasteiger charge is -2.09. The molecule has 0 aliphatic heterocycles. The van der Waals surface area contributed by atoms with Crippen LogP contribution in [0.4, 0.5) is 0 Å². The smallest absolute Gasteiger partial charge is 0.160 e. The fourth-order valence-corrected chi connectivity index (χ4v) is 3.24. The number of hydrogen-bond donors (Lipinski definition) is 0. The number of Topliss-reactive ketones (excluding diaryl/α,β-unsaturated/α-hetero) is 1. The van der Waals surface area contributed by atoms with E-state index in [1.165, 1.54) is 0 Å². The van der Waals surface area contributed by atoms with Gasteiger partial charge in [0.15, 0.2) is 5.78 Å². The Morgan fingerprint density at radius 3 is 2.44 bits per heavy atom. The van der Waals surface area contributed by atoms with Gasteiger partial charge in [-0.2, -0.15) is 0 Å². The molecule has 0 amide bonds. The Hall–Kier alpha value is -0.770. The van der Waals surface area contributed by atoms with E-state index >= 15 is 0 Å². The van der Waals surface area contributed by atoms with Gasteiger partial charge in [-0.25, -0.2) is 0 Å². The van der Waals surface area contributed by atoms with Gasteiger partial charge in [0, 0.05) is 24.8 Å². The highest BCUT2D eigenvalue weighted by molar-refractivity contribution is 9.10. The van der Waals surface area contributed by atoms with E-state index < -0.39 is 0 Å². The van der Waals surface area contributed by atoms with Gasteiger partial charge in [0.05, 0.1) is 0 Å². The molecule has 2 aromatic carbocycles. The van der Waals surface area contributed by atoms with Gasteiger partial charge in [0.2, 0.25) is 0 Å². The van der Waals surface area contributed by atoms with E-state index in [4.69, 9.17) is 11.6 Å². The number of carbonyl (C=O) groups excluding carboxylic acids is 1. The molecule has 4 heteroatoms. The van der Waals surface area contributed by atoms with E-state index in [0.29, 0.717) is 5.02 Å². The van der Waals surface area contributed by atoms with Gasteiger partial charge in [-0.1, -0.05) is 35.5 Å². The third-order valence-corrected chi connectivity index (χ3v) is 4.71. The first-order valence-electron chi connectivity index (χ1n) is 5.31. The lowest BCUT2D eigenvalue weighted by Crippen LogP contribution is -1.95. The summed E-state index contributed by atoms with van der Waals surface area (Å²) in [5, 5.41) is 0.707. The topological polar surface area (TPSA) is 17.1 Å². The summed E-state index contributed by atoms with van der Waals surface area (Å²) in [5.74, 6) is 0.0627. The summed E-state index contributed by atoms with van der Waals surface area (Å²) in [6.07, 6.45) is 0. The Labute approximate surface area is 124 Å². The first kappa shape index (κ1) is 13.7. The van der Waals surface area contributed by atoms with E-state index in [9.17, 15) is 4.79 Å². The number of rotatable bonds is 3. The zero-order chi connectivity index (χ0) is 13.1. The third-order valence-electron chi connectivity index (χ3n) is 2.38. The number of ketones is 1. The summed E-state index contributed by atoms with van der Waals surface area (Å²) in [6, 6.07) is 13.2. The first-order valence-corrected chi connectivity index (χ1v) is 7.29. The van der Waals surface area contributed by atoms with Crippen LogP contribution < -0.4 is 0 Å². The maximum absolute atomic E-state index is 11.6. The molecule has 0 aliphatic carbocycles. The highest BCUT2D eigenvalue weighted by Gasteiger charge is 2.11. The molecule has 0 bridgehead atoms. The van der Waals surface area contributed by atoms with Crippen LogP contribution in [0.15, 0.2) is 56.7 Å². The molecule has 2 rings (SSSR count). The van der Waals surface area contributed by atoms with Gasteiger partial charge in [-0.3, -0.25) is 4.79 Å². The summed E-state index contributed by atoms with van der Waals surface area (Å²) >= 11 is 10.9. The largest absolute Gasteiger partial charge is 0.294 e. The molecule has 18 heavy (non-hydrogen) atoms. The van der Waals surface area contributed by atoms with Crippen LogP contribution in [0.2, 0.25) is 5.02 Å². The highest BCUT2D eigenvalue weighted by Crippen LogP contribution is 2.36. The Kier molecular flexibility index (Phi) is 4.49. The second-order valence-corrected chi connectivity index (χ2v) is 6.10. The van der Waals surface area contributed by atoms with Crippen molar-refractivity contribution in [3.8, 4) is 0 Å². The Balaban J connectivity index is 2.39. The second-order valence-electron chi connectivity index (χ2n) is 3.73. The normalized spacial score (nSPS) is 10.4. The summed E-state index contributed by atoms with van der Waals surface area (Å²) in [4.78, 5) is 13.6. The minimum atomic E-state index is 0.0627. The third kappa shape index (κ3) is 3.16. The lowest BCUT2D eigenvalue weighted by molar-refractivity contribution is 0.101. The van der Waals surface area contributed by atoms with Crippen LogP contribution in [0.1, 0.15) is 17.3 Å². The predicted octanol–water partition coefficient (Wildman–Crippen LogP) is 5.46. The van der Waals surface area contributed by atoms with E-state index in [1.807, 2.05) is 42.5 Å². The number of hydrogen-bond acceptors (Lipinski definition) is 2. The van der Waals surface area contributed by atoms with Gasteiger partial charge >= 0.3 is 0 Å². The van der Waals surface area contributed by atoms with E-state index in [-0.39, 0.29) is 5.78 Å². The standard InChI is InChI=1S/C14H10BrClOS/c1-9(17)12-3-2-4-13(15)14(12)18-11-7-5-10(16)6-8-11/h2-8H,1H3. The molecule has 0 spiro atoms. The van der Waals surface area contributed by atoms with Crippen molar-refractivity contribution in [2.24, 2.45) is 0 Å². The van der Waals surface area contributed by atoms with Crippen molar-refractivity contribution in [1.29, 1.82) is 0 Å². The van der Waals surface area contributed by atoms with Crippen LogP contribution in [0.25, 0.3) is 0 Å². The zero-order valence-electron chi connectivity index (χ0n) is 9.61. The molecular formula is C14H10BrClOS. The molecule has 0 radical (unpaired) electrons. The van der Waals surface area contributed by atoms with Crippen LogP contribution in [0.3, 0.4) is 0 Å². The molecular weight excluding hydrogens is 332 g/mol. The van der Waals surface area contributed by atoms with Gasteiger partial charge in [0.1, 0.15) is 0 Å². The monoisotopic (exact) mass is 340 g/mol. The molecule has 0 N–H and O–H groups in total. The molecule has 0 saturated heterocycles. The van der Waals surface area contributed by atoms with Crippen molar-refractivity contribution in [3.63, 3.8) is 0 Å². The fraction of sp³-hybridized carbons (Fsp3) is 0.0714. The molecule has 0 saturated carbocycles. The van der Waals surface area contributed by atoms with E-state index in [2.05, 4.69) is 15.9 Å². The second kappa shape index (κ2) is 5.91. The Morgan fingerprint density at radius 2 is 1.83 bits per heavy atom. The van der Waals surface area contributed by atoms with Crippen LogP contribution in [0, 0.1) is 0 Å². The van der Waals surface area contributed by atoms with Gasteiger partial charge in [-0.15, -0.1) is 0 Å². The van der Waals surface area contributed by atoms with Gasteiger partial charge < -0.3 is 0 Å². The van der Waals surface area contributed by atoms with Crippen molar-refractivity contribution in [3.05, 3.63) is 57.5 Å². The quantitative estimate of drug-likeness (QED) is 0.690. The Bertz CT molecular complexity index is 581. The van der Waals surface area contributed by atoms with Crippen LogP contribution in [0.5, 0.6) is 0 Å². The Morgan fingerprint density at radius 1 is 1.17 bits per heavy atom. The summed E-state index contributed by atoms with van der Waals surface area (Å²) in [7, 11) is 0. The van der Waals surface area contributed by atoms with Crippen molar-refractivity contribution >= 4 is 45.1 Å². The van der Waals surface area contributed by atoms with Crippen molar-refractivity contribution in [1.82, 2.24) is 0 Å². The fourth-order valence-electron chi connectivity index (χ4n) is 1.51. The van der Waals surface area contributed by atoms with Crippen LogP contribution in [-0.2, 0) is 0 Å². The summed E-state index contributed by atoms with van der Waals surface area (Å²) in [5.41, 5.74) is 0.726. The SMILES string of the molecule is CC(=O)c1cccc(Br)c1Sc1ccc(Cl)cc1. The minimum absolute atomic E-state index is 0.0627. The van der Waals surface area contributed by atoms with Gasteiger partial charge in [-0.05, 0) is 53.2 Å². The predicted molar refractivity (Wildman–Crippen MR) is 79.7 cm³/mol. The molecule has 0 aromatic heterocycles. The van der Waals surface area contributed by atoms with Gasteiger partial charge in [0.25, 0.3) is 0 Å². The van der Waals surface area contributed by atoms with E-state index in [1.54, 1.807) is 18.7 Å². The van der Waals surface area contributed by atoms with Crippen molar-refractivity contribution in [2.75, 3.05) is 0 Å². The number of benzene rings is 2. The molecule has 2 aromatic rings. The molecule has 0 aliphatic rings. The molecule has 92 valence electrons. The minimum Gasteiger partial charge on any atom is -0.294 e. The molecule has 0 fully saturated rings. The average molecular weight is 342 g/mol. The average Bonchev–Trinajstić information content (AvgIpc) is 2.34. The lowest BCUT2D eigenvalue weighted by atomic mass is 10.1. The summed E-state index contributed by atoms with van der Waals surface area (Å²) < 4.78 is 0.926. The number of carbonyl (C=O) groups is 1. The van der Waals surface area contributed by atoms with Crippen LogP contribution in [-0.4, -0.2) is 5.78 Å². The van der Waals surface area contributed by atoms with Crippen molar-refractivity contribution < 1.29 is 4.79 Å². The maximum Gasteiger partial charge on any atom is 0.160 e. The molecule has 1 nitrogen and oxygen atoms in total. The first-order chi connectivity index (χ1) is 8.58. The summed E-state index contributed by atoms with van der Waals surface area (Å²) in [6.45, 7) is 1.58.